The van der Waals surface area contributed by atoms with Crippen LogP contribution in [0.1, 0.15) is 120 Å². The van der Waals surface area contributed by atoms with Crippen LogP contribution >= 0.6 is 0 Å². The summed E-state index contributed by atoms with van der Waals surface area (Å²) in [6.07, 6.45) is -1.58. The fourth-order valence-electron chi connectivity index (χ4n) is 9.63. The highest BCUT2D eigenvalue weighted by atomic mass is 19.1. The van der Waals surface area contributed by atoms with E-state index in [0.717, 1.165) is 21.7 Å². The van der Waals surface area contributed by atoms with Gasteiger partial charge < -0.3 is 39.4 Å². The number of ketones is 2. The van der Waals surface area contributed by atoms with Crippen LogP contribution < -0.4 is 20.1 Å². The number of ether oxygens (including phenoxy) is 3. The number of imide groups is 2. The third-order valence-corrected chi connectivity index (χ3v) is 13.2. The summed E-state index contributed by atoms with van der Waals surface area (Å²) in [5, 5.41) is 35.3. The number of Topliss-reactive ketones (excluding diaryl/α,β-unsaturated/α-hetero) is 2. The molecule has 2 aliphatic rings. The summed E-state index contributed by atoms with van der Waals surface area (Å²) in [4.78, 5) is 102. The van der Waals surface area contributed by atoms with E-state index in [0.29, 0.717) is 41.0 Å². The summed E-state index contributed by atoms with van der Waals surface area (Å²) in [6, 6.07) is 25.9. The lowest BCUT2D eigenvalue weighted by Gasteiger charge is -2.27. The summed E-state index contributed by atoms with van der Waals surface area (Å²) in [5.74, 6) is -4.46. The number of hydrogen-bond acceptors (Lipinski definition) is 13. The Morgan fingerprint density at radius 1 is 0.792 bits per heavy atom. The van der Waals surface area contributed by atoms with Crippen molar-refractivity contribution in [2.24, 2.45) is 0 Å². The maximum Gasteiger partial charge on any atom is 0.305 e. The van der Waals surface area contributed by atoms with E-state index in [1.165, 1.54) is 30.3 Å². The summed E-state index contributed by atoms with van der Waals surface area (Å²) in [7, 11) is 0. The molecular weight excluding hydrogens is 996 g/mol. The second-order valence-corrected chi connectivity index (χ2v) is 19.3. The molecule has 4 aromatic carbocycles. The molecule has 0 bridgehead atoms. The largest absolute Gasteiger partial charge is 0.491 e. The second kappa shape index (κ2) is 26.8. The topological polar surface area (TPSA) is 257 Å². The summed E-state index contributed by atoms with van der Waals surface area (Å²) in [5.41, 5.74) is 4.71. The van der Waals surface area contributed by atoms with Crippen LogP contribution in [-0.2, 0) is 41.7 Å². The van der Waals surface area contributed by atoms with E-state index in [1.54, 1.807) is 24.3 Å². The number of halogens is 1. The molecule has 5 amide bonds. The molecule has 19 heteroatoms. The molecule has 1 fully saturated rings. The average molecular weight is 1060 g/mol. The number of carbonyl (C=O) groups is 8. The van der Waals surface area contributed by atoms with Crippen LogP contribution in [0.3, 0.4) is 0 Å². The van der Waals surface area contributed by atoms with Gasteiger partial charge in [-0.25, -0.2) is 4.39 Å². The second-order valence-electron chi connectivity index (χ2n) is 19.3. The fourth-order valence-corrected chi connectivity index (χ4v) is 9.63. The van der Waals surface area contributed by atoms with Crippen molar-refractivity contribution in [3.05, 3.63) is 131 Å². The summed E-state index contributed by atoms with van der Waals surface area (Å²) < 4.78 is 33.5. The Morgan fingerprint density at radius 2 is 1.52 bits per heavy atom. The number of aliphatic hydroxyl groups is 2. The first kappa shape index (κ1) is 56.8. The van der Waals surface area contributed by atoms with Gasteiger partial charge in [0.1, 0.15) is 36.6 Å². The minimum atomic E-state index is -1.24. The lowest BCUT2D eigenvalue weighted by Crippen LogP contribution is -2.54. The normalized spacial score (nSPS) is 15.0. The molecule has 7 rings (SSSR count). The maximum absolute atomic E-state index is 14.7. The molecule has 0 aliphatic carbocycles. The molecule has 3 atom stereocenters. The average Bonchev–Trinajstić information content (AvgIpc) is 3.89. The number of aliphatic hydroxyl groups excluding tert-OH is 2. The van der Waals surface area contributed by atoms with Crippen molar-refractivity contribution in [3.63, 3.8) is 0 Å². The first-order chi connectivity index (χ1) is 37.0. The van der Waals surface area contributed by atoms with E-state index in [4.69, 9.17) is 19.3 Å². The number of carbonyl (C=O) groups excluding carboxylic acids is 7. The van der Waals surface area contributed by atoms with E-state index in [2.05, 4.69) is 10.6 Å². The van der Waals surface area contributed by atoms with E-state index in [1.807, 2.05) is 60.9 Å². The van der Waals surface area contributed by atoms with Crippen LogP contribution in [0, 0.1) is 5.82 Å². The number of rotatable bonds is 29. The minimum absolute atomic E-state index is 0.00967. The number of carboxylic acid groups (broad SMARTS) is 1. The molecule has 77 heavy (non-hydrogen) atoms. The standard InChI is InChI=1S/C58H63FN4O14/c1-35(2)54-53(51(37-9-4-3-5-10-37)55(38-17-19-39(59)20-18-38)62(54)27-25-40(64)32-42(66)33-50(70)71)46(67)31-36-15-21-43(22-16-36)76-30-29-75-28-26-60-48(68)14-7-6-11-41(65)34-77-47-13-8-12-44-52(47)58(74)63(57(44)73)45-23-24-49(69)61-56(45)72/h3-5,8-10,12-13,15-22,35,40,42,45,64,66H,6-7,11,14,23-34H2,1-2H3,(H,60,68)(H,70,71)(H,61,69,72)/t40-,42-,45?/m1/s1. The van der Waals surface area contributed by atoms with Gasteiger partial charge in [-0.1, -0.05) is 62.4 Å². The molecule has 18 nitrogen and oxygen atoms in total. The molecule has 5 N–H and O–H groups in total. The van der Waals surface area contributed by atoms with Gasteiger partial charge in [0.25, 0.3) is 11.8 Å². The zero-order chi connectivity index (χ0) is 55.2. The van der Waals surface area contributed by atoms with Gasteiger partial charge >= 0.3 is 5.97 Å². The quantitative estimate of drug-likeness (QED) is 0.0192. The highest BCUT2D eigenvalue weighted by Gasteiger charge is 2.46. The molecule has 1 saturated heterocycles. The predicted molar refractivity (Wildman–Crippen MR) is 279 cm³/mol. The molecule has 1 unspecified atom stereocenters. The fraction of sp³-hybridized carbons (Fsp3) is 0.379. The number of unbranched alkanes of at least 4 members (excludes halogenated alkanes) is 1. The lowest BCUT2D eigenvalue weighted by atomic mass is 9.90. The van der Waals surface area contributed by atoms with Crippen LogP contribution in [-0.4, -0.2) is 123 Å². The Labute approximate surface area is 444 Å². The molecule has 3 heterocycles. The molecule has 0 saturated carbocycles. The SMILES string of the molecule is CC(C)c1c(C(=O)Cc2ccc(OCCOCCNC(=O)CCCCC(=O)COc3cccc4c3C(=O)N(C3CCC(=O)NC3=O)C4=O)cc2)c(-c2ccccc2)c(-c2ccc(F)cc2)n1CC[C@@H](O)C[C@@H](O)CC(=O)O. The van der Waals surface area contributed by atoms with Gasteiger partial charge in [0.15, 0.2) is 11.6 Å². The lowest BCUT2D eigenvalue weighted by molar-refractivity contribution is -0.140. The van der Waals surface area contributed by atoms with Crippen molar-refractivity contribution >= 4 is 47.1 Å². The molecule has 0 radical (unpaired) electrons. The van der Waals surface area contributed by atoms with Crippen molar-refractivity contribution in [2.45, 2.75) is 109 Å². The Balaban J connectivity index is 0.847. The van der Waals surface area contributed by atoms with E-state index >= 15 is 0 Å². The zero-order valence-corrected chi connectivity index (χ0v) is 43.0. The number of nitrogens with one attached hydrogen (secondary N) is 2. The number of benzene rings is 4. The van der Waals surface area contributed by atoms with Crippen LogP contribution in [0.5, 0.6) is 11.5 Å². The van der Waals surface area contributed by atoms with E-state index in [-0.39, 0.29) is 125 Å². The van der Waals surface area contributed by atoms with Crippen LogP contribution in [0.2, 0.25) is 0 Å². The monoisotopic (exact) mass is 1060 g/mol. The Bertz CT molecular complexity index is 2960. The molecule has 406 valence electrons. The van der Waals surface area contributed by atoms with Crippen LogP contribution in [0.15, 0.2) is 97.1 Å². The molecule has 5 aromatic rings. The number of aliphatic carboxylic acids is 1. The van der Waals surface area contributed by atoms with Gasteiger partial charge in [-0.05, 0) is 103 Å². The number of fused-ring (bicyclic) bond motifs is 1. The number of amides is 5. The number of aromatic nitrogens is 1. The van der Waals surface area contributed by atoms with Crippen molar-refractivity contribution in [3.8, 4) is 33.9 Å². The van der Waals surface area contributed by atoms with Crippen LogP contribution in [0.4, 0.5) is 4.39 Å². The van der Waals surface area contributed by atoms with Crippen molar-refractivity contribution in [1.29, 1.82) is 0 Å². The molecule has 1 aromatic heterocycles. The number of carboxylic acids is 1. The minimum Gasteiger partial charge on any atom is -0.491 e. The van der Waals surface area contributed by atoms with Gasteiger partial charge in [0, 0.05) is 55.6 Å². The Morgan fingerprint density at radius 3 is 2.22 bits per heavy atom. The smallest absolute Gasteiger partial charge is 0.305 e. The van der Waals surface area contributed by atoms with E-state index < -0.39 is 60.1 Å². The van der Waals surface area contributed by atoms with Gasteiger partial charge in [-0.15, -0.1) is 0 Å². The van der Waals surface area contributed by atoms with Crippen molar-refractivity contribution < 1.29 is 72.3 Å². The number of piperidine rings is 1. The van der Waals surface area contributed by atoms with Crippen LogP contribution in [0.25, 0.3) is 22.4 Å². The predicted octanol–water partition coefficient (Wildman–Crippen LogP) is 6.61. The third kappa shape index (κ3) is 14.7. The first-order valence-corrected chi connectivity index (χ1v) is 25.7. The molecule has 0 spiro atoms. The summed E-state index contributed by atoms with van der Waals surface area (Å²) >= 11 is 0. The van der Waals surface area contributed by atoms with Gasteiger partial charge in [-0.3, -0.25) is 48.6 Å². The summed E-state index contributed by atoms with van der Waals surface area (Å²) in [6.45, 7) is 4.76. The highest BCUT2D eigenvalue weighted by molar-refractivity contribution is 6.24. The third-order valence-electron chi connectivity index (χ3n) is 13.2. The van der Waals surface area contributed by atoms with E-state index in [9.17, 15) is 53.0 Å². The highest BCUT2D eigenvalue weighted by Crippen LogP contribution is 2.43. The molecule has 2 aliphatic heterocycles. The molecular formula is C58H63FN4O14. The maximum atomic E-state index is 14.7. The van der Waals surface area contributed by atoms with Gasteiger partial charge in [0.2, 0.25) is 17.7 Å². The Kier molecular flexibility index (Phi) is 19.8. The zero-order valence-electron chi connectivity index (χ0n) is 43.0. The van der Waals surface area contributed by atoms with Crippen molar-refractivity contribution in [1.82, 2.24) is 20.1 Å². The first-order valence-electron chi connectivity index (χ1n) is 25.7. The number of hydrogen-bond donors (Lipinski definition) is 5. The van der Waals surface area contributed by atoms with Gasteiger partial charge in [0.05, 0.1) is 48.7 Å². The van der Waals surface area contributed by atoms with Crippen molar-refractivity contribution in [2.75, 3.05) is 33.0 Å². The Hall–Kier alpha value is -7.87. The van der Waals surface area contributed by atoms with Gasteiger partial charge in [-0.2, -0.15) is 0 Å². The number of nitrogens with zero attached hydrogens (tertiary/aromatic N) is 2.